The van der Waals surface area contributed by atoms with Gasteiger partial charge >= 0.3 is 0 Å². The van der Waals surface area contributed by atoms with Crippen molar-refractivity contribution in [3.63, 3.8) is 0 Å². The second-order valence-electron chi connectivity index (χ2n) is 4.76. The minimum Gasteiger partial charge on any atom is -0.495 e. The molecular weight excluding hydrogens is 280 g/mol. The Bertz CT molecular complexity index is 464. The standard InChI is InChI=1S/C14H21ClN2O3/c1-9(2)7-16-8-14(18)17-11-6-12(19-3)10(15)5-13(11)20-4/h5-6,9,16H,7-8H2,1-4H3,(H,17,18). The molecule has 112 valence electrons. The molecule has 5 nitrogen and oxygen atoms in total. The Hall–Kier alpha value is -1.46. The molecule has 0 radical (unpaired) electrons. The van der Waals surface area contributed by atoms with Crippen LogP contribution in [0.5, 0.6) is 11.5 Å². The van der Waals surface area contributed by atoms with Gasteiger partial charge < -0.3 is 20.1 Å². The van der Waals surface area contributed by atoms with Crippen LogP contribution in [0.2, 0.25) is 5.02 Å². The van der Waals surface area contributed by atoms with Gasteiger partial charge in [0.2, 0.25) is 5.91 Å². The van der Waals surface area contributed by atoms with Crippen LogP contribution >= 0.6 is 11.6 Å². The molecule has 1 aromatic carbocycles. The molecule has 0 bridgehead atoms. The van der Waals surface area contributed by atoms with E-state index in [0.717, 1.165) is 6.54 Å². The molecule has 0 aliphatic rings. The molecule has 0 fully saturated rings. The first-order chi connectivity index (χ1) is 9.47. The summed E-state index contributed by atoms with van der Waals surface area (Å²) in [6.07, 6.45) is 0. The fourth-order valence-corrected chi connectivity index (χ4v) is 1.86. The van der Waals surface area contributed by atoms with E-state index in [-0.39, 0.29) is 12.5 Å². The number of benzene rings is 1. The quantitative estimate of drug-likeness (QED) is 0.812. The van der Waals surface area contributed by atoms with Gasteiger partial charge in [-0.25, -0.2) is 0 Å². The fraction of sp³-hybridized carbons (Fsp3) is 0.500. The van der Waals surface area contributed by atoms with Crippen LogP contribution in [0, 0.1) is 5.92 Å². The number of hydrogen-bond donors (Lipinski definition) is 2. The number of amides is 1. The topological polar surface area (TPSA) is 59.6 Å². The van der Waals surface area contributed by atoms with Crippen molar-refractivity contribution in [2.75, 3.05) is 32.6 Å². The number of methoxy groups -OCH3 is 2. The number of carbonyl (C=O) groups is 1. The van der Waals surface area contributed by atoms with E-state index in [1.54, 1.807) is 12.1 Å². The highest BCUT2D eigenvalue weighted by Gasteiger charge is 2.12. The van der Waals surface area contributed by atoms with Crippen LogP contribution in [0.1, 0.15) is 13.8 Å². The Kier molecular flexibility index (Phi) is 6.61. The predicted octanol–water partition coefficient (Wildman–Crippen LogP) is 2.54. The van der Waals surface area contributed by atoms with Gasteiger partial charge in [-0.15, -0.1) is 0 Å². The zero-order valence-electron chi connectivity index (χ0n) is 12.2. The van der Waals surface area contributed by atoms with E-state index in [4.69, 9.17) is 21.1 Å². The number of nitrogens with one attached hydrogen (secondary N) is 2. The summed E-state index contributed by atoms with van der Waals surface area (Å²) in [4.78, 5) is 11.8. The molecule has 0 saturated heterocycles. The summed E-state index contributed by atoms with van der Waals surface area (Å²) in [5.41, 5.74) is 0.532. The molecule has 1 rings (SSSR count). The van der Waals surface area contributed by atoms with Crippen molar-refractivity contribution < 1.29 is 14.3 Å². The number of anilines is 1. The van der Waals surface area contributed by atoms with E-state index in [1.807, 2.05) is 0 Å². The van der Waals surface area contributed by atoms with E-state index in [1.165, 1.54) is 14.2 Å². The van der Waals surface area contributed by atoms with Crippen molar-refractivity contribution in [1.29, 1.82) is 0 Å². The molecule has 0 saturated carbocycles. The molecule has 0 unspecified atom stereocenters. The molecule has 1 aromatic rings. The first kappa shape index (κ1) is 16.6. The van der Waals surface area contributed by atoms with Crippen LogP contribution in [0.25, 0.3) is 0 Å². The van der Waals surface area contributed by atoms with Crippen LogP contribution in [-0.2, 0) is 4.79 Å². The van der Waals surface area contributed by atoms with Crippen molar-refractivity contribution in [3.05, 3.63) is 17.2 Å². The molecule has 0 spiro atoms. The molecule has 0 heterocycles. The third-order valence-corrected chi connectivity index (χ3v) is 2.88. The monoisotopic (exact) mass is 300 g/mol. The molecule has 0 aliphatic heterocycles. The number of rotatable bonds is 7. The van der Waals surface area contributed by atoms with Crippen molar-refractivity contribution in [2.45, 2.75) is 13.8 Å². The van der Waals surface area contributed by atoms with E-state index in [9.17, 15) is 4.79 Å². The lowest BCUT2D eigenvalue weighted by molar-refractivity contribution is -0.115. The summed E-state index contributed by atoms with van der Waals surface area (Å²) in [6, 6.07) is 3.25. The van der Waals surface area contributed by atoms with E-state index < -0.39 is 0 Å². The van der Waals surface area contributed by atoms with Crippen molar-refractivity contribution in [2.24, 2.45) is 5.92 Å². The minimum atomic E-state index is -0.145. The Morgan fingerprint density at radius 3 is 2.45 bits per heavy atom. The largest absolute Gasteiger partial charge is 0.495 e. The Morgan fingerprint density at radius 1 is 1.25 bits per heavy atom. The molecular formula is C14H21ClN2O3. The van der Waals surface area contributed by atoms with Gasteiger partial charge in [-0.1, -0.05) is 25.4 Å². The Balaban J connectivity index is 2.72. The van der Waals surface area contributed by atoms with E-state index >= 15 is 0 Å². The summed E-state index contributed by atoms with van der Waals surface area (Å²) in [5.74, 6) is 1.33. The van der Waals surface area contributed by atoms with Crippen molar-refractivity contribution >= 4 is 23.2 Å². The normalized spacial score (nSPS) is 10.5. The number of carbonyl (C=O) groups excluding carboxylic acids is 1. The molecule has 0 atom stereocenters. The highest BCUT2D eigenvalue weighted by Crippen LogP contribution is 2.35. The summed E-state index contributed by atoms with van der Waals surface area (Å²) in [7, 11) is 3.04. The first-order valence-electron chi connectivity index (χ1n) is 6.40. The lowest BCUT2D eigenvalue weighted by Crippen LogP contribution is -2.30. The summed E-state index contributed by atoms with van der Waals surface area (Å²) in [5, 5.41) is 6.27. The second kappa shape index (κ2) is 7.97. The van der Waals surface area contributed by atoms with E-state index in [0.29, 0.717) is 28.1 Å². The molecule has 0 aromatic heterocycles. The third kappa shape index (κ3) is 4.90. The number of hydrogen-bond acceptors (Lipinski definition) is 4. The van der Waals surface area contributed by atoms with Crippen molar-refractivity contribution in [3.8, 4) is 11.5 Å². The predicted molar refractivity (Wildman–Crippen MR) is 80.9 cm³/mol. The van der Waals surface area contributed by atoms with Gasteiger partial charge in [0.05, 0.1) is 31.5 Å². The van der Waals surface area contributed by atoms with E-state index in [2.05, 4.69) is 24.5 Å². The molecule has 2 N–H and O–H groups in total. The van der Waals surface area contributed by atoms with Gasteiger partial charge in [0.15, 0.2) is 0 Å². The zero-order valence-corrected chi connectivity index (χ0v) is 13.0. The van der Waals surface area contributed by atoms with Gasteiger partial charge in [0.1, 0.15) is 11.5 Å². The SMILES string of the molecule is COc1cc(NC(=O)CNCC(C)C)c(OC)cc1Cl. The van der Waals surface area contributed by atoms with Gasteiger partial charge in [0, 0.05) is 12.1 Å². The average Bonchev–Trinajstić information content (AvgIpc) is 2.39. The van der Waals surface area contributed by atoms with Crippen LogP contribution in [0.3, 0.4) is 0 Å². The van der Waals surface area contributed by atoms with Crippen LogP contribution in [-0.4, -0.2) is 33.2 Å². The lowest BCUT2D eigenvalue weighted by Gasteiger charge is -2.13. The molecule has 0 aliphatic carbocycles. The van der Waals surface area contributed by atoms with Gasteiger partial charge in [0.25, 0.3) is 0 Å². The van der Waals surface area contributed by atoms with Crippen LogP contribution in [0.15, 0.2) is 12.1 Å². The maximum atomic E-state index is 11.8. The van der Waals surface area contributed by atoms with Gasteiger partial charge in [-0.05, 0) is 12.5 Å². The second-order valence-corrected chi connectivity index (χ2v) is 5.17. The van der Waals surface area contributed by atoms with Gasteiger partial charge in [-0.2, -0.15) is 0 Å². The summed E-state index contributed by atoms with van der Waals surface area (Å²) >= 11 is 6.01. The van der Waals surface area contributed by atoms with Crippen LogP contribution < -0.4 is 20.1 Å². The Labute approximate surface area is 124 Å². The summed E-state index contributed by atoms with van der Waals surface area (Å²) < 4.78 is 10.3. The highest BCUT2D eigenvalue weighted by atomic mass is 35.5. The number of ether oxygens (including phenoxy) is 2. The molecule has 20 heavy (non-hydrogen) atoms. The van der Waals surface area contributed by atoms with Crippen molar-refractivity contribution in [1.82, 2.24) is 5.32 Å². The first-order valence-corrected chi connectivity index (χ1v) is 6.77. The maximum Gasteiger partial charge on any atom is 0.238 e. The maximum absolute atomic E-state index is 11.8. The highest BCUT2D eigenvalue weighted by molar-refractivity contribution is 6.32. The van der Waals surface area contributed by atoms with Gasteiger partial charge in [-0.3, -0.25) is 4.79 Å². The fourth-order valence-electron chi connectivity index (χ4n) is 1.63. The van der Waals surface area contributed by atoms with Crippen LogP contribution in [0.4, 0.5) is 5.69 Å². The minimum absolute atomic E-state index is 0.145. The summed E-state index contributed by atoms with van der Waals surface area (Å²) in [6.45, 7) is 5.19. The Morgan fingerprint density at radius 2 is 1.90 bits per heavy atom. The zero-order chi connectivity index (χ0) is 15.1. The smallest absolute Gasteiger partial charge is 0.238 e. The average molecular weight is 301 g/mol. The molecule has 6 heteroatoms. The lowest BCUT2D eigenvalue weighted by atomic mass is 10.2. The number of halogens is 1. The molecule has 1 amide bonds. The third-order valence-electron chi connectivity index (χ3n) is 2.59.